The number of hydrogen-bond donors (Lipinski definition) is 2. The summed E-state index contributed by atoms with van der Waals surface area (Å²) in [4.78, 5) is 7.60. The Morgan fingerprint density at radius 2 is 1.62 bits per heavy atom. The van der Waals surface area contributed by atoms with E-state index < -0.39 is 17.4 Å². The highest BCUT2D eigenvalue weighted by Crippen LogP contribution is 2.32. The van der Waals surface area contributed by atoms with E-state index in [1.807, 2.05) is 0 Å². The minimum absolute atomic E-state index is 0.0116. The highest BCUT2D eigenvalue weighted by molar-refractivity contribution is 6.42. The number of nitrogens with one attached hydrogen (secondary N) is 2. The monoisotopic (exact) mass is 378 g/mol. The van der Waals surface area contributed by atoms with E-state index in [0.29, 0.717) is 10.7 Å². The summed E-state index contributed by atoms with van der Waals surface area (Å²) < 4.78 is 39.2. The van der Waals surface area contributed by atoms with Gasteiger partial charge >= 0.3 is 6.18 Å². The molecule has 4 nitrogen and oxygen atoms in total. The van der Waals surface area contributed by atoms with Crippen molar-refractivity contribution in [1.82, 2.24) is 9.97 Å². The molecule has 0 saturated heterocycles. The second kappa shape index (κ2) is 6.64. The van der Waals surface area contributed by atoms with Crippen LogP contribution < -0.4 is 10.6 Å². The SMILES string of the molecule is CC(C)(C)Nc1nc(Nc2ccc(Cl)c(Cl)c2)cc(C(F)(F)F)n1. The fraction of sp³-hybridized carbons (Fsp3) is 0.333. The van der Waals surface area contributed by atoms with Crippen molar-refractivity contribution in [2.45, 2.75) is 32.5 Å². The van der Waals surface area contributed by atoms with Gasteiger partial charge in [-0.3, -0.25) is 0 Å². The van der Waals surface area contributed by atoms with Crippen LogP contribution in [0.25, 0.3) is 0 Å². The van der Waals surface area contributed by atoms with Crippen LogP contribution in [-0.4, -0.2) is 15.5 Å². The molecule has 130 valence electrons. The molecule has 0 aliphatic carbocycles. The molecule has 2 aromatic rings. The van der Waals surface area contributed by atoms with Crippen molar-refractivity contribution in [3.63, 3.8) is 0 Å². The van der Waals surface area contributed by atoms with Crippen molar-refractivity contribution in [2.24, 2.45) is 0 Å². The molecule has 0 aliphatic rings. The van der Waals surface area contributed by atoms with Gasteiger partial charge in [0, 0.05) is 17.3 Å². The standard InChI is InChI=1S/C15H15Cl2F3N4/c1-14(2,3)24-13-22-11(15(18,19)20)7-12(23-13)21-8-4-5-9(16)10(17)6-8/h4-7H,1-3H3,(H2,21,22,23,24). The number of benzene rings is 1. The molecule has 0 saturated carbocycles. The highest BCUT2D eigenvalue weighted by Gasteiger charge is 2.34. The van der Waals surface area contributed by atoms with Gasteiger partial charge in [-0.05, 0) is 39.0 Å². The number of nitrogens with zero attached hydrogens (tertiary/aromatic N) is 2. The van der Waals surface area contributed by atoms with Crippen LogP contribution in [0.1, 0.15) is 26.5 Å². The van der Waals surface area contributed by atoms with Crippen molar-refractivity contribution in [2.75, 3.05) is 10.6 Å². The minimum Gasteiger partial charge on any atom is -0.350 e. The molecular formula is C15H15Cl2F3N4. The fourth-order valence-electron chi connectivity index (χ4n) is 1.77. The number of anilines is 3. The Kier molecular flexibility index (Phi) is 5.15. The number of halogens is 5. The third-order valence-corrected chi connectivity index (χ3v) is 3.43. The molecule has 0 aliphatic heterocycles. The first-order valence-electron chi connectivity index (χ1n) is 6.90. The molecule has 24 heavy (non-hydrogen) atoms. The quantitative estimate of drug-likeness (QED) is 0.712. The third kappa shape index (κ3) is 5.14. The van der Waals surface area contributed by atoms with Crippen molar-refractivity contribution in [1.29, 1.82) is 0 Å². The maximum absolute atomic E-state index is 13.1. The Balaban J connectivity index is 2.40. The number of rotatable bonds is 3. The van der Waals surface area contributed by atoms with E-state index in [-0.39, 0.29) is 16.8 Å². The second-order valence-electron chi connectivity index (χ2n) is 6.09. The summed E-state index contributed by atoms with van der Waals surface area (Å²) in [7, 11) is 0. The Labute approximate surface area is 147 Å². The number of alkyl halides is 3. The zero-order chi connectivity index (χ0) is 18.1. The molecule has 0 spiro atoms. The van der Waals surface area contributed by atoms with Crippen LogP contribution in [0.15, 0.2) is 24.3 Å². The van der Waals surface area contributed by atoms with Gasteiger partial charge in [0.25, 0.3) is 0 Å². The molecule has 9 heteroatoms. The van der Waals surface area contributed by atoms with Crippen LogP contribution in [0.2, 0.25) is 10.0 Å². The molecule has 1 heterocycles. The second-order valence-corrected chi connectivity index (χ2v) is 6.90. The summed E-state index contributed by atoms with van der Waals surface area (Å²) in [5.41, 5.74) is -1.09. The summed E-state index contributed by atoms with van der Waals surface area (Å²) in [5.74, 6) is -0.137. The lowest BCUT2D eigenvalue weighted by Gasteiger charge is -2.21. The lowest BCUT2D eigenvalue weighted by atomic mass is 10.1. The lowest BCUT2D eigenvalue weighted by Crippen LogP contribution is -2.28. The highest BCUT2D eigenvalue weighted by atomic mass is 35.5. The zero-order valence-electron chi connectivity index (χ0n) is 13.1. The smallest absolute Gasteiger partial charge is 0.350 e. The van der Waals surface area contributed by atoms with Crippen LogP contribution in [0.4, 0.5) is 30.6 Å². The van der Waals surface area contributed by atoms with Gasteiger partial charge in [0.1, 0.15) is 5.82 Å². The van der Waals surface area contributed by atoms with E-state index in [9.17, 15) is 13.2 Å². The Morgan fingerprint density at radius 3 is 2.17 bits per heavy atom. The number of aromatic nitrogens is 2. The molecule has 0 unspecified atom stereocenters. The fourth-order valence-corrected chi connectivity index (χ4v) is 2.07. The molecule has 0 amide bonds. The van der Waals surface area contributed by atoms with Gasteiger partial charge in [-0.1, -0.05) is 23.2 Å². The Bertz CT molecular complexity index is 742. The van der Waals surface area contributed by atoms with Crippen molar-refractivity contribution < 1.29 is 13.2 Å². The van der Waals surface area contributed by atoms with E-state index >= 15 is 0 Å². The predicted octanol–water partition coefficient (Wildman–Crippen LogP) is 5.76. The number of hydrogen-bond acceptors (Lipinski definition) is 4. The maximum atomic E-state index is 13.1. The average molecular weight is 379 g/mol. The lowest BCUT2D eigenvalue weighted by molar-refractivity contribution is -0.141. The van der Waals surface area contributed by atoms with Crippen LogP contribution in [-0.2, 0) is 6.18 Å². The van der Waals surface area contributed by atoms with Crippen LogP contribution in [0, 0.1) is 0 Å². The van der Waals surface area contributed by atoms with Crippen molar-refractivity contribution >= 4 is 40.7 Å². The maximum Gasteiger partial charge on any atom is 0.433 e. The normalized spacial score (nSPS) is 12.2. The van der Waals surface area contributed by atoms with Gasteiger partial charge in [-0.25, -0.2) is 4.98 Å². The molecule has 0 bridgehead atoms. The van der Waals surface area contributed by atoms with E-state index in [2.05, 4.69) is 20.6 Å². The van der Waals surface area contributed by atoms with Crippen LogP contribution in [0.5, 0.6) is 0 Å². The van der Waals surface area contributed by atoms with E-state index in [1.54, 1.807) is 26.8 Å². The Morgan fingerprint density at radius 1 is 0.958 bits per heavy atom. The molecule has 0 fully saturated rings. The van der Waals surface area contributed by atoms with E-state index in [0.717, 1.165) is 6.07 Å². The van der Waals surface area contributed by atoms with Crippen molar-refractivity contribution in [3.8, 4) is 0 Å². The zero-order valence-corrected chi connectivity index (χ0v) is 14.6. The van der Waals surface area contributed by atoms with Crippen LogP contribution >= 0.6 is 23.2 Å². The van der Waals surface area contributed by atoms with E-state index in [1.165, 1.54) is 12.1 Å². The largest absolute Gasteiger partial charge is 0.433 e. The summed E-state index contributed by atoms with van der Waals surface area (Å²) in [6.45, 7) is 5.38. The van der Waals surface area contributed by atoms with Gasteiger partial charge in [-0.15, -0.1) is 0 Å². The topological polar surface area (TPSA) is 49.8 Å². The first kappa shape index (κ1) is 18.6. The van der Waals surface area contributed by atoms with Gasteiger partial charge < -0.3 is 10.6 Å². The summed E-state index contributed by atoms with van der Waals surface area (Å²) in [6.07, 6.45) is -4.59. The molecule has 1 aromatic heterocycles. The van der Waals surface area contributed by atoms with Gasteiger partial charge in [-0.2, -0.15) is 18.2 Å². The van der Waals surface area contributed by atoms with Gasteiger partial charge in [0.05, 0.1) is 10.0 Å². The van der Waals surface area contributed by atoms with Crippen LogP contribution in [0.3, 0.4) is 0 Å². The molecular weight excluding hydrogens is 364 g/mol. The summed E-state index contributed by atoms with van der Waals surface area (Å²) in [5, 5.41) is 6.23. The molecule has 0 radical (unpaired) electrons. The molecule has 0 atom stereocenters. The van der Waals surface area contributed by atoms with E-state index in [4.69, 9.17) is 23.2 Å². The summed E-state index contributed by atoms with van der Waals surface area (Å²) in [6, 6.07) is 5.44. The molecule has 1 aromatic carbocycles. The molecule has 2 N–H and O–H groups in total. The summed E-state index contributed by atoms with van der Waals surface area (Å²) >= 11 is 11.7. The minimum atomic E-state index is -4.59. The van der Waals surface area contributed by atoms with Gasteiger partial charge in [0.15, 0.2) is 5.69 Å². The first-order valence-corrected chi connectivity index (χ1v) is 7.66. The third-order valence-electron chi connectivity index (χ3n) is 2.70. The van der Waals surface area contributed by atoms with Crippen molar-refractivity contribution in [3.05, 3.63) is 40.0 Å². The molecule has 2 rings (SSSR count). The van der Waals surface area contributed by atoms with Gasteiger partial charge in [0.2, 0.25) is 5.95 Å². The predicted molar refractivity (Wildman–Crippen MR) is 90.2 cm³/mol. The first-order chi connectivity index (χ1) is 10.9. The Hall–Kier alpha value is -1.73. The average Bonchev–Trinajstić information content (AvgIpc) is 2.40.